The van der Waals surface area contributed by atoms with Crippen LogP contribution in [0.2, 0.25) is 0 Å². The Kier molecular flexibility index (Phi) is 7.61. The van der Waals surface area contributed by atoms with Crippen LogP contribution in [0.1, 0.15) is 17.4 Å². The third-order valence-corrected chi connectivity index (χ3v) is 6.79. The van der Waals surface area contributed by atoms with Crippen molar-refractivity contribution in [2.24, 2.45) is 0 Å². The van der Waals surface area contributed by atoms with Crippen LogP contribution in [0.25, 0.3) is 22.5 Å². The van der Waals surface area contributed by atoms with E-state index in [1.54, 1.807) is 36.4 Å². The number of imidazole rings is 2. The molecule has 0 aliphatic heterocycles. The number of ether oxygens (including phenoxy) is 1. The Hall–Kier alpha value is -3.90. The van der Waals surface area contributed by atoms with Crippen LogP contribution in [-0.2, 0) is 6.42 Å². The van der Waals surface area contributed by atoms with Gasteiger partial charge in [0.15, 0.2) is 0 Å². The van der Waals surface area contributed by atoms with Crippen molar-refractivity contribution in [1.29, 1.82) is 0 Å². The van der Waals surface area contributed by atoms with Gasteiger partial charge in [-0.3, -0.25) is 4.57 Å². The Morgan fingerprint density at radius 2 is 1.82 bits per heavy atom. The van der Waals surface area contributed by atoms with Crippen molar-refractivity contribution < 1.29 is 19.3 Å². The molecule has 38 heavy (non-hydrogen) atoms. The number of hydrogen-bond acceptors (Lipinski definition) is 5. The molecule has 8 nitrogen and oxygen atoms in total. The van der Waals surface area contributed by atoms with Gasteiger partial charge in [0.2, 0.25) is 5.88 Å². The van der Waals surface area contributed by atoms with E-state index >= 15 is 0 Å². The standard InChI is InChI=1S/C28H24FIN4O4/c29-22-15-19(30)8-11-21(22)23-16-31-26(32-23)24(14-17-4-2-1-3-5-17)34-27(36)25(33-28(34)37)18-6-9-20(10-7-18)38-13-12-35/h1-11,15-16,24,35-36H,12-14H2,(H,31,32)(H,33,37)/t24-/m1/s1. The summed E-state index contributed by atoms with van der Waals surface area (Å²) < 4.78 is 22.1. The molecule has 3 aromatic carbocycles. The Balaban J connectivity index is 1.55. The SMILES string of the molecule is O=c1[nH]c(-c2ccc(OCCO)cc2)c(O)n1[C@H](Cc1ccccc1)c1ncc(-c2ccc(I)cc2F)[nH]1. The second-order valence-electron chi connectivity index (χ2n) is 8.61. The van der Waals surface area contributed by atoms with E-state index in [1.807, 2.05) is 52.9 Å². The molecule has 5 aromatic rings. The highest BCUT2D eigenvalue weighted by atomic mass is 127. The van der Waals surface area contributed by atoms with Gasteiger partial charge in [-0.1, -0.05) is 30.3 Å². The second-order valence-corrected chi connectivity index (χ2v) is 9.85. The molecule has 0 saturated carbocycles. The minimum absolute atomic E-state index is 0.105. The monoisotopic (exact) mass is 626 g/mol. The lowest BCUT2D eigenvalue weighted by Crippen LogP contribution is -2.25. The number of hydrogen-bond donors (Lipinski definition) is 4. The minimum Gasteiger partial charge on any atom is -0.493 e. The molecule has 0 spiro atoms. The Labute approximate surface area is 230 Å². The van der Waals surface area contributed by atoms with Crippen LogP contribution in [0.15, 0.2) is 83.8 Å². The molecule has 0 bridgehead atoms. The fourth-order valence-electron chi connectivity index (χ4n) is 4.31. The zero-order valence-corrected chi connectivity index (χ0v) is 22.2. The van der Waals surface area contributed by atoms with Gasteiger partial charge in [0.05, 0.1) is 18.5 Å². The third-order valence-electron chi connectivity index (χ3n) is 6.12. The molecule has 2 heterocycles. The number of benzene rings is 3. The number of aliphatic hydroxyl groups is 1. The Morgan fingerprint density at radius 1 is 1.05 bits per heavy atom. The maximum absolute atomic E-state index is 14.7. The van der Waals surface area contributed by atoms with Gasteiger partial charge in [0.1, 0.15) is 35.7 Å². The number of aromatic nitrogens is 4. The van der Waals surface area contributed by atoms with E-state index in [0.29, 0.717) is 34.8 Å². The largest absolute Gasteiger partial charge is 0.493 e. The molecule has 5 rings (SSSR count). The van der Waals surface area contributed by atoms with Crippen molar-refractivity contribution in [3.05, 3.63) is 110 Å². The normalized spacial score (nSPS) is 12.0. The molecule has 0 aliphatic carbocycles. The summed E-state index contributed by atoms with van der Waals surface area (Å²) in [6, 6.07) is 20.5. The molecule has 0 unspecified atom stereocenters. The molecule has 1 atom stereocenters. The van der Waals surface area contributed by atoms with Crippen molar-refractivity contribution in [3.63, 3.8) is 0 Å². The van der Waals surface area contributed by atoms with Gasteiger partial charge < -0.3 is 24.9 Å². The zero-order valence-electron chi connectivity index (χ0n) is 20.1. The molecule has 4 N–H and O–H groups in total. The van der Waals surface area contributed by atoms with E-state index < -0.39 is 11.7 Å². The number of aliphatic hydroxyl groups excluding tert-OH is 1. The predicted molar refractivity (Wildman–Crippen MR) is 150 cm³/mol. The molecule has 0 amide bonds. The molecule has 194 valence electrons. The highest BCUT2D eigenvalue weighted by molar-refractivity contribution is 14.1. The maximum atomic E-state index is 14.7. The summed E-state index contributed by atoms with van der Waals surface area (Å²) in [5.41, 5.74) is 2.06. The minimum atomic E-state index is -0.706. The number of nitrogens with zero attached hydrogens (tertiary/aromatic N) is 2. The van der Waals surface area contributed by atoms with Gasteiger partial charge in [0, 0.05) is 21.1 Å². The molecule has 0 fully saturated rings. The molecule has 0 aliphatic rings. The predicted octanol–water partition coefficient (Wildman–Crippen LogP) is 4.89. The average molecular weight is 626 g/mol. The van der Waals surface area contributed by atoms with Gasteiger partial charge in [0.25, 0.3) is 0 Å². The van der Waals surface area contributed by atoms with Gasteiger partial charge in [-0.25, -0.2) is 14.2 Å². The van der Waals surface area contributed by atoms with E-state index in [9.17, 15) is 14.3 Å². The van der Waals surface area contributed by atoms with Crippen LogP contribution in [0.4, 0.5) is 4.39 Å². The number of H-pyrrole nitrogens is 2. The van der Waals surface area contributed by atoms with Crippen molar-refractivity contribution in [2.45, 2.75) is 12.5 Å². The van der Waals surface area contributed by atoms with Crippen LogP contribution in [-0.4, -0.2) is 42.9 Å². The highest BCUT2D eigenvalue weighted by Crippen LogP contribution is 2.33. The van der Waals surface area contributed by atoms with E-state index in [2.05, 4.69) is 15.0 Å². The molecule has 10 heteroatoms. The first kappa shape index (κ1) is 25.7. The van der Waals surface area contributed by atoms with E-state index in [0.717, 1.165) is 9.13 Å². The number of halogens is 2. The third kappa shape index (κ3) is 5.36. The maximum Gasteiger partial charge on any atom is 0.329 e. The van der Waals surface area contributed by atoms with Gasteiger partial charge in [-0.15, -0.1) is 0 Å². The Bertz CT molecular complexity index is 1600. The summed E-state index contributed by atoms with van der Waals surface area (Å²) in [4.78, 5) is 23.6. The van der Waals surface area contributed by atoms with E-state index in [-0.39, 0.29) is 30.6 Å². The van der Waals surface area contributed by atoms with E-state index in [1.165, 1.54) is 16.8 Å². The fraction of sp³-hybridized carbons (Fsp3) is 0.143. The van der Waals surface area contributed by atoms with Crippen LogP contribution < -0.4 is 10.4 Å². The first-order valence-corrected chi connectivity index (χ1v) is 12.9. The smallest absolute Gasteiger partial charge is 0.329 e. The first-order valence-electron chi connectivity index (χ1n) is 11.9. The highest BCUT2D eigenvalue weighted by Gasteiger charge is 2.26. The summed E-state index contributed by atoms with van der Waals surface area (Å²) in [6.45, 7) is 0.0580. The van der Waals surface area contributed by atoms with Crippen molar-refractivity contribution in [2.75, 3.05) is 13.2 Å². The summed E-state index contributed by atoms with van der Waals surface area (Å²) in [7, 11) is 0. The quantitative estimate of drug-likeness (QED) is 0.174. The molecule has 0 radical (unpaired) electrons. The molecular formula is C28H24FIN4O4. The summed E-state index contributed by atoms with van der Waals surface area (Å²) in [6.07, 6.45) is 1.88. The lowest BCUT2D eigenvalue weighted by atomic mass is 10.0. The Morgan fingerprint density at radius 3 is 2.53 bits per heavy atom. The summed E-state index contributed by atoms with van der Waals surface area (Å²) in [5, 5.41) is 20.2. The molecule has 2 aromatic heterocycles. The van der Waals surface area contributed by atoms with E-state index in [4.69, 9.17) is 9.84 Å². The van der Waals surface area contributed by atoms with Gasteiger partial charge in [-0.05, 0) is 70.6 Å². The summed E-state index contributed by atoms with van der Waals surface area (Å²) in [5.74, 6) is 0.315. The second kappa shape index (κ2) is 11.2. The zero-order chi connectivity index (χ0) is 26.6. The van der Waals surface area contributed by atoms with Crippen LogP contribution in [0.3, 0.4) is 0 Å². The van der Waals surface area contributed by atoms with Crippen LogP contribution in [0, 0.1) is 9.39 Å². The summed E-state index contributed by atoms with van der Waals surface area (Å²) >= 11 is 2.05. The van der Waals surface area contributed by atoms with Crippen LogP contribution >= 0.6 is 22.6 Å². The lowest BCUT2D eigenvalue weighted by Gasteiger charge is -2.17. The van der Waals surface area contributed by atoms with Gasteiger partial charge in [-0.2, -0.15) is 0 Å². The van der Waals surface area contributed by atoms with Crippen LogP contribution in [0.5, 0.6) is 11.6 Å². The van der Waals surface area contributed by atoms with Crippen molar-refractivity contribution in [1.82, 2.24) is 19.5 Å². The molecule has 0 saturated heterocycles. The number of rotatable bonds is 9. The molecular weight excluding hydrogens is 602 g/mol. The first-order chi connectivity index (χ1) is 18.4. The number of aromatic hydroxyl groups is 1. The number of aromatic amines is 2. The van der Waals surface area contributed by atoms with Crippen molar-refractivity contribution >= 4 is 22.6 Å². The number of nitrogens with one attached hydrogen (secondary N) is 2. The van der Waals surface area contributed by atoms with Gasteiger partial charge >= 0.3 is 5.69 Å². The fourth-order valence-corrected chi connectivity index (χ4v) is 4.76. The lowest BCUT2D eigenvalue weighted by molar-refractivity contribution is 0.201. The average Bonchev–Trinajstić information content (AvgIpc) is 3.51. The topological polar surface area (TPSA) is 116 Å². The van der Waals surface area contributed by atoms with Crippen molar-refractivity contribution in [3.8, 4) is 34.1 Å².